The number of nitrogens with two attached hydrogens (primary N) is 1. The van der Waals surface area contributed by atoms with E-state index in [-0.39, 0.29) is 11.9 Å². The number of hydrogen-bond donors (Lipinski definition) is 1. The molecule has 0 aliphatic rings. The number of rotatable bonds is 3. The van der Waals surface area contributed by atoms with E-state index in [0.29, 0.717) is 4.47 Å². The van der Waals surface area contributed by atoms with Gasteiger partial charge in [0, 0.05) is 6.04 Å². The molecule has 0 saturated carbocycles. The highest BCUT2D eigenvalue weighted by atomic mass is 79.9. The third kappa shape index (κ3) is 3.43. The second kappa shape index (κ2) is 5.85. The number of benzene rings is 2. The third-order valence-electron chi connectivity index (χ3n) is 3.40. The van der Waals surface area contributed by atoms with Crippen LogP contribution in [0.5, 0.6) is 0 Å². The smallest absolute Gasteiger partial charge is 0.137 e. The van der Waals surface area contributed by atoms with Crippen molar-refractivity contribution in [1.82, 2.24) is 0 Å². The average molecular weight is 322 g/mol. The van der Waals surface area contributed by atoms with Crippen LogP contribution >= 0.6 is 15.9 Å². The Morgan fingerprint density at radius 1 is 1.11 bits per heavy atom. The molecule has 19 heavy (non-hydrogen) atoms. The first-order chi connectivity index (χ1) is 8.97. The van der Waals surface area contributed by atoms with Gasteiger partial charge in [-0.25, -0.2) is 4.39 Å². The molecular weight excluding hydrogens is 305 g/mol. The second-order valence-corrected chi connectivity index (χ2v) is 5.76. The van der Waals surface area contributed by atoms with Crippen molar-refractivity contribution in [2.24, 2.45) is 5.73 Å². The lowest BCUT2D eigenvalue weighted by Gasteiger charge is -2.14. The van der Waals surface area contributed by atoms with Gasteiger partial charge in [-0.1, -0.05) is 24.3 Å². The van der Waals surface area contributed by atoms with Gasteiger partial charge in [0.1, 0.15) is 5.82 Å². The van der Waals surface area contributed by atoms with Crippen LogP contribution in [0.15, 0.2) is 40.9 Å². The molecule has 0 radical (unpaired) electrons. The highest BCUT2D eigenvalue weighted by Crippen LogP contribution is 2.23. The van der Waals surface area contributed by atoms with Crippen LogP contribution in [-0.4, -0.2) is 0 Å². The number of hydrogen-bond acceptors (Lipinski definition) is 1. The minimum absolute atomic E-state index is 0.126. The zero-order valence-corrected chi connectivity index (χ0v) is 12.7. The van der Waals surface area contributed by atoms with Crippen LogP contribution in [-0.2, 0) is 6.42 Å². The van der Waals surface area contributed by atoms with Gasteiger partial charge >= 0.3 is 0 Å². The fourth-order valence-electron chi connectivity index (χ4n) is 2.05. The molecule has 0 aromatic heterocycles. The minimum atomic E-state index is -0.262. The first-order valence-corrected chi connectivity index (χ1v) is 7.03. The summed E-state index contributed by atoms with van der Waals surface area (Å²) in [6.45, 7) is 4.19. The van der Waals surface area contributed by atoms with Crippen molar-refractivity contribution < 1.29 is 4.39 Å². The van der Waals surface area contributed by atoms with Gasteiger partial charge in [0.05, 0.1) is 4.47 Å². The van der Waals surface area contributed by atoms with Gasteiger partial charge in [-0.3, -0.25) is 0 Å². The molecule has 0 saturated heterocycles. The molecular formula is C16H17BrFN. The van der Waals surface area contributed by atoms with Crippen molar-refractivity contribution in [1.29, 1.82) is 0 Å². The van der Waals surface area contributed by atoms with Crippen molar-refractivity contribution >= 4 is 15.9 Å². The molecule has 0 amide bonds. The fraction of sp³-hybridized carbons (Fsp3) is 0.250. The number of halogens is 2. The summed E-state index contributed by atoms with van der Waals surface area (Å²) < 4.78 is 13.7. The Bertz CT molecular complexity index is 595. The Hall–Kier alpha value is -1.19. The van der Waals surface area contributed by atoms with E-state index >= 15 is 0 Å². The molecule has 1 atom stereocenters. The van der Waals surface area contributed by atoms with Crippen LogP contribution in [0.1, 0.15) is 28.3 Å². The van der Waals surface area contributed by atoms with Crippen LogP contribution in [0.2, 0.25) is 0 Å². The van der Waals surface area contributed by atoms with E-state index < -0.39 is 0 Å². The summed E-state index contributed by atoms with van der Waals surface area (Å²) in [4.78, 5) is 0. The van der Waals surface area contributed by atoms with Gasteiger partial charge < -0.3 is 5.73 Å². The van der Waals surface area contributed by atoms with E-state index in [0.717, 1.165) is 12.0 Å². The SMILES string of the molecule is Cc1ccc(CC(N)c2ccc(F)c(Br)c2)cc1C. The Labute approximate surface area is 121 Å². The lowest BCUT2D eigenvalue weighted by Crippen LogP contribution is -2.13. The van der Waals surface area contributed by atoms with Gasteiger partial charge in [0.15, 0.2) is 0 Å². The highest BCUT2D eigenvalue weighted by molar-refractivity contribution is 9.10. The Morgan fingerprint density at radius 3 is 2.47 bits per heavy atom. The van der Waals surface area contributed by atoms with Crippen molar-refractivity contribution in [3.63, 3.8) is 0 Å². The molecule has 100 valence electrons. The molecule has 0 spiro atoms. The Morgan fingerprint density at radius 2 is 1.84 bits per heavy atom. The molecule has 0 aliphatic heterocycles. The maximum Gasteiger partial charge on any atom is 0.137 e. The van der Waals surface area contributed by atoms with Crippen molar-refractivity contribution in [3.8, 4) is 0 Å². The predicted octanol–water partition coefficient (Wildman–Crippen LogP) is 4.45. The predicted molar refractivity (Wildman–Crippen MR) is 80.6 cm³/mol. The van der Waals surface area contributed by atoms with E-state index in [4.69, 9.17) is 5.73 Å². The molecule has 0 fully saturated rings. The number of aryl methyl sites for hydroxylation is 2. The molecule has 2 rings (SSSR count). The fourth-order valence-corrected chi connectivity index (χ4v) is 2.44. The van der Waals surface area contributed by atoms with E-state index in [9.17, 15) is 4.39 Å². The monoisotopic (exact) mass is 321 g/mol. The zero-order valence-electron chi connectivity index (χ0n) is 11.1. The summed E-state index contributed by atoms with van der Waals surface area (Å²) in [5.41, 5.74) is 10.9. The van der Waals surface area contributed by atoms with Crippen molar-refractivity contribution in [3.05, 3.63) is 68.9 Å². The van der Waals surface area contributed by atoms with E-state index in [1.54, 1.807) is 12.1 Å². The topological polar surface area (TPSA) is 26.0 Å². The molecule has 2 aromatic rings. The van der Waals surface area contributed by atoms with Gasteiger partial charge in [0.2, 0.25) is 0 Å². The van der Waals surface area contributed by atoms with E-state index in [2.05, 4.69) is 48.0 Å². The maximum atomic E-state index is 13.2. The van der Waals surface area contributed by atoms with Crippen molar-refractivity contribution in [2.75, 3.05) is 0 Å². The van der Waals surface area contributed by atoms with Crippen LogP contribution in [0.4, 0.5) is 4.39 Å². The standard InChI is InChI=1S/C16H17BrFN/c1-10-3-4-12(7-11(10)2)8-16(19)13-5-6-15(18)14(17)9-13/h3-7,9,16H,8,19H2,1-2H3. The van der Waals surface area contributed by atoms with Gasteiger partial charge in [-0.15, -0.1) is 0 Å². The zero-order chi connectivity index (χ0) is 14.0. The minimum Gasteiger partial charge on any atom is -0.324 e. The molecule has 0 heterocycles. The third-order valence-corrected chi connectivity index (χ3v) is 4.01. The van der Waals surface area contributed by atoms with Crippen LogP contribution in [0.25, 0.3) is 0 Å². The average Bonchev–Trinajstić information content (AvgIpc) is 2.37. The Balaban J connectivity index is 2.17. The lowest BCUT2D eigenvalue weighted by molar-refractivity contribution is 0.617. The van der Waals surface area contributed by atoms with Crippen LogP contribution in [0, 0.1) is 19.7 Å². The summed E-state index contributed by atoms with van der Waals surface area (Å²) in [6.07, 6.45) is 0.749. The summed E-state index contributed by atoms with van der Waals surface area (Å²) in [5, 5.41) is 0. The molecule has 2 N–H and O–H groups in total. The largest absolute Gasteiger partial charge is 0.324 e. The molecule has 0 bridgehead atoms. The first-order valence-electron chi connectivity index (χ1n) is 6.24. The molecule has 2 aromatic carbocycles. The summed E-state index contributed by atoms with van der Waals surface area (Å²) in [7, 11) is 0. The van der Waals surface area contributed by atoms with E-state index in [1.807, 2.05) is 0 Å². The lowest BCUT2D eigenvalue weighted by atomic mass is 9.97. The van der Waals surface area contributed by atoms with Crippen molar-refractivity contribution in [2.45, 2.75) is 26.3 Å². The van der Waals surface area contributed by atoms with Crippen LogP contribution in [0.3, 0.4) is 0 Å². The highest BCUT2D eigenvalue weighted by Gasteiger charge is 2.10. The molecule has 1 unspecified atom stereocenters. The summed E-state index contributed by atoms with van der Waals surface area (Å²) in [5.74, 6) is -0.262. The van der Waals surface area contributed by atoms with Gasteiger partial charge in [0.25, 0.3) is 0 Å². The Kier molecular flexibility index (Phi) is 4.38. The van der Waals surface area contributed by atoms with Crippen LogP contribution < -0.4 is 5.73 Å². The molecule has 3 heteroatoms. The quantitative estimate of drug-likeness (QED) is 0.888. The summed E-state index contributed by atoms with van der Waals surface area (Å²) >= 11 is 3.19. The van der Waals surface area contributed by atoms with E-state index in [1.165, 1.54) is 22.8 Å². The molecule has 0 aliphatic carbocycles. The van der Waals surface area contributed by atoms with Gasteiger partial charge in [-0.2, -0.15) is 0 Å². The normalized spacial score (nSPS) is 12.5. The second-order valence-electron chi connectivity index (χ2n) is 4.90. The first kappa shape index (κ1) is 14.2. The maximum absolute atomic E-state index is 13.2. The van der Waals surface area contributed by atoms with Gasteiger partial charge in [-0.05, 0) is 70.6 Å². The molecule has 1 nitrogen and oxygen atoms in total. The summed E-state index contributed by atoms with van der Waals surface area (Å²) in [6, 6.07) is 11.2.